The van der Waals surface area contributed by atoms with Crippen molar-refractivity contribution in [2.75, 3.05) is 19.8 Å². The number of carboxylic acid groups (broad SMARTS) is 1. The van der Waals surface area contributed by atoms with Gasteiger partial charge in [-0.2, -0.15) is 0 Å². The molecule has 132 heavy (non-hydrogen) atoms. The Labute approximate surface area is 759 Å². The molecule has 17 bridgehead atoms. The van der Waals surface area contributed by atoms with E-state index in [2.05, 4.69) is 48.8 Å². The Balaban J connectivity index is 1.09. The lowest BCUT2D eigenvalue weighted by Crippen LogP contribution is -2.60. The molecule has 23 atom stereocenters. The number of rotatable bonds is 19. The van der Waals surface area contributed by atoms with Crippen LogP contribution in [0, 0.1) is 5.92 Å². The van der Waals surface area contributed by atoms with E-state index in [0.29, 0.717) is 18.8 Å². The van der Waals surface area contributed by atoms with Crippen molar-refractivity contribution in [3.8, 4) is 80.1 Å². The molecule has 16 rings (SSSR count). The minimum absolute atomic E-state index is 0.0765. The smallest absolute Gasteiger partial charge is 0.333 e. The summed E-state index contributed by atoms with van der Waals surface area (Å²) in [5.74, 6) is -17.7. The summed E-state index contributed by atoms with van der Waals surface area (Å²) in [5, 5.41) is 271. The van der Waals surface area contributed by atoms with Gasteiger partial charge in [0.25, 0.3) is 0 Å². The number of ether oxygens (including phenoxy) is 9. The maximum absolute atomic E-state index is 14.3. The van der Waals surface area contributed by atoms with Gasteiger partial charge in [0.1, 0.15) is 132 Å². The number of carboxylic acids is 1. The van der Waals surface area contributed by atoms with Crippen molar-refractivity contribution < 1.29 is 165 Å². The highest BCUT2D eigenvalue weighted by Gasteiger charge is 2.51. The molecule has 0 aromatic heterocycles. The second-order valence-electron chi connectivity index (χ2n) is 32.7. The first-order chi connectivity index (χ1) is 62.9. The number of aromatic hydroxyl groups is 4. The van der Waals surface area contributed by atoms with Crippen LogP contribution >= 0.6 is 23.2 Å². The molecule has 44 heteroatoms. The quantitative estimate of drug-likeness (QED) is 0.0209. The molecule has 9 heterocycles. The van der Waals surface area contributed by atoms with E-state index < -0.39 is 304 Å². The van der Waals surface area contributed by atoms with Crippen LogP contribution < -0.4 is 29.4 Å². The van der Waals surface area contributed by atoms with E-state index in [4.69, 9.17) is 76.6 Å². The number of aliphatic hydroxyl groups excluding tert-OH is 18. The summed E-state index contributed by atoms with van der Waals surface area (Å²) in [7, 11) is 0. The number of aliphatic hydroxyl groups is 18. The lowest BCUT2D eigenvalue weighted by Gasteiger charge is -2.42. The fourth-order valence-corrected chi connectivity index (χ4v) is 16.5. The van der Waals surface area contributed by atoms with Crippen molar-refractivity contribution in [1.82, 2.24) is 0 Å². The fourth-order valence-electron chi connectivity index (χ4n) is 16.1. The molecule has 3 fully saturated rings. The Morgan fingerprint density at radius 2 is 1.05 bits per heavy atom. The number of phenols is 4. The van der Waals surface area contributed by atoms with Crippen LogP contribution in [-0.2, 0) is 30.2 Å². The standard InChI is InChI=1S/C88H97Cl2N9O33/c1-33(2)8-6-4-5-7-9-60(108)94-68-74(113)71(110)58(31-101)129-87(68)132-78-55-25-40-26-56(78)126-52-17-13-38(23-47(52)90)77(131-86-67(92-34(3)103)73(112)70(109)57(30-100)128-86)69-84(121)98-66(85(122)123)45-28-42(105)29-54(127-88-76(115)75(114)72(111)59(32-102)130-88)61(45)44-22-37(12-14-49(44)106)63(81(118)99-69)96-83(120)65(40)97-82(119)64-39-20-41(104)27-43(21-39)124-53-24-36(11-15-50(53)107)62(91)80(117)93-48(79(116)95-64)19-35-10-16-51(125-55)46(89)18-35/h10-18,20-29,33,48,57-59,62-77,86-88,100-102,104-107,109-115H,4-9,19,30-32,91H2,1-3H3,(H,92,103)(H,93,117)(H,94,108)(H,95,116)(H,96,120)(H,97,119)(H,98,121)(H,99,118)(H,122,123)/t48-,57?,58?,59?,62-,63-,64+,65-,66+,67?,68?,69+,70?,71?,72?,73?,74?,75?,76?,77-,86?,87?,88?/m1/s1. The first kappa shape index (κ1) is 96.0. The van der Waals surface area contributed by atoms with E-state index >= 15 is 0 Å². The van der Waals surface area contributed by atoms with Gasteiger partial charge in [0.2, 0.25) is 53.7 Å². The third-order valence-corrected chi connectivity index (χ3v) is 23.5. The number of nitrogens with zero attached hydrogens (tertiary/aromatic N) is 8. The van der Waals surface area contributed by atoms with Crippen molar-refractivity contribution in [2.24, 2.45) is 51.6 Å². The Bertz CT molecular complexity index is 5700. The molecule has 0 spiro atoms. The van der Waals surface area contributed by atoms with Crippen molar-refractivity contribution in [3.63, 3.8) is 0 Å². The summed E-state index contributed by atoms with van der Waals surface area (Å²) in [6, 6.07) is 1.25. The number of hydrogen-bond acceptors (Lipinski definition) is 33. The second kappa shape index (κ2) is 40.6. The molecule has 9 aliphatic rings. The summed E-state index contributed by atoms with van der Waals surface area (Å²) in [6.07, 6.45) is -25.5. The van der Waals surface area contributed by atoms with Crippen molar-refractivity contribution in [1.29, 1.82) is 0 Å². The van der Waals surface area contributed by atoms with Gasteiger partial charge >= 0.3 is 5.97 Å². The zero-order valence-electron chi connectivity index (χ0n) is 70.2. The Morgan fingerprint density at radius 1 is 0.492 bits per heavy atom. The van der Waals surface area contributed by atoms with Crippen LogP contribution in [0.25, 0.3) is 11.1 Å². The molecule has 25 N–H and O–H groups in total. The zero-order valence-corrected chi connectivity index (χ0v) is 71.7. The van der Waals surface area contributed by atoms with Crippen LogP contribution in [0.2, 0.25) is 10.0 Å². The Hall–Kier alpha value is -12.0. The first-order valence-corrected chi connectivity index (χ1v) is 42.4. The van der Waals surface area contributed by atoms with E-state index in [9.17, 15) is 122 Å². The highest BCUT2D eigenvalue weighted by molar-refractivity contribution is 6.32. The molecular formula is C88H97Cl2N9O33. The molecule has 15 unspecified atom stereocenters. The minimum Gasteiger partial charge on any atom is -0.508 e. The third kappa shape index (κ3) is 20.7. The highest BCUT2D eigenvalue weighted by atomic mass is 35.5. The topological polar surface area (TPSA) is 690 Å². The van der Waals surface area contributed by atoms with Gasteiger partial charge in [0.05, 0.1) is 29.9 Å². The fraction of sp³-hybridized carbons (Fsp3) is 0.420. The Kier molecular flexibility index (Phi) is 29.5. The molecule has 9 aliphatic heterocycles. The van der Waals surface area contributed by atoms with Gasteiger partial charge in [-0.3, -0.25) is 0 Å². The van der Waals surface area contributed by atoms with Gasteiger partial charge in [-0.25, -0.2) is 44.7 Å². The lowest BCUT2D eigenvalue weighted by atomic mass is 9.90. The molecule has 0 aliphatic carbocycles. The predicted octanol–water partition coefficient (Wildman–Crippen LogP) is 7.74. The van der Waals surface area contributed by atoms with E-state index in [1.165, 1.54) is 36.4 Å². The van der Waals surface area contributed by atoms with Gasteiger partial charge in [0, 0.05) is 48.6 Å². The monoisotopic (exact) mass is 1880 g/mol. The van der Waals surface area contributed by atoms with Crippen LogP contribution in [0.3, 0.4) is 0 Å². The van der Waals surface area contributed by atoms with E-state index in [-0.39, 0.29) is 50.9 Å². The number of carbonyl (C=O) groups is 1. The molecule has 7 aromatic carbocycles. The van der Waals surface area contributed by atoms with Gasteiger partial charge in [-0.15, -0.1) is 0 Å². The highest BCUT2D eigenvalue weighted by Crippen LogP contribution is 2.52. The number of benzene rings is 7. The number of nitrogens with two attached hydrogens (primary N) is 1. The van der Waals surface area contributed by atoms with Crippen LogP contribution in [0.15, 0.2) is 155 Å². The molecule has 3 saturated heterocycles. The number of aliphatic carboxylic acids is 1. The van der Waals surface area contributed by atoms with Crippen LogP contribution in [0.4, 0.5) is 0 Å². The van der Waals surface area contributed by atoms with Crippen LogP contribution in [-0.4, -0.2) is 294 Å². The molecule has 0 amide bonds. The van der Waals surface area contributed by atoms with Crippen molar-refractivity contribution in [3.05, 3.63) is 164 Å². The van der Waals surface area contributed by atoms with Crippen LogP contribution in [0.1, 0.15) is 135 Å². The van der Waals surface area contributed by atoms with E-state index in [1.54, 1.807) is 0 Å². The predicted molar refractivity (Wildman–Crippen MR) is 468 cm³/mol. The summed E-state index contributed by atoms with van der Waals surface area (Å²) >= 11 is 14.8. The molecule has 0 radical (unpaired) electrons. The maximum atomic E-state index is 14.3. The zero-order chi connectivity index (χ0) is 94.9. The van der Waals surface area contributed by atoms with E-state index in [0.717, 1.165) is 105 Å². The minimum atomic E-state index is -2.63. The SMILES string of the molecule is CC(O)=NC1C(O[C@@H]2c3ccc(c(Cl)c3)Oc3cc4cc(c3OC3OC(CO)C(O)C(O)C3N=C(O)CCCCCCC(C)C)Oc3ccc(cc3Cl)C[C@H]3N=C(O)[C@H](N)c5ccc(O)c(c5)Oc5cc(O)cc(c5)[C@H](N=C3O)C(O)=N[C@H]4C(O)=N[C@H]3C(O)=N[C@@H]2C(O)=N[C@H](C(=O)O)c2cc(O)cc(OC4OC(CO)C(O)C(O)C4O)c2-c2cc3ccc2O)OC(CO)C(O)C1O. The van der Waals surface area contributed by atoms with Crippen LogP contribution in [0.5, 0.6) is 69.0 Å². The lowest BCUT2D eigenvalue weighted by molar-refractivity contribution is -0.279. The molecule has 0 saturated carbocycles. The second-order valence-corrected chi connectivity index (χ2v) is 33.6. The maximum Gasteiger partial charge on any atom is 0.333 e. The average Bonchev–Trinajstić information content (AvgIpc) is 0.748. The Morgan fingerprint density at radius 3 is 1.67 bits per heavy atom. The number of unbranched alkanes of at least 4 members (excludes halogenated alkanes) is 3. The molecule has 42 nitrogen and oxygen atoms in total. The average molecular weight is 1880 g/mol. The number of phenolic OH excluding ortho intramolecular Hbond substituents is 4. The number of hydrogen-bond donors (Lipinski definition) is 24. The van der Waals surface area contributed by atoms with Gasteiger partial charge in [0.15, 0.2) is 71.3 Å². The summed E-state index contributed by atoms with van der Waals surface area (Å²) in [6.45, 7) is 2.10. The number of aliphatic imine (C=N–C) groups is 8. The largest absolute Gasteiger partial charge is 0.508 e. The third-order valence-electron chi connectivity index (χ3n) is 22.9. The summed E-state index contributed by atoms with van der Waals surface area (Å²) in [4.78, 5) is 50.0. The van der Waals surface area contributed by atoms with Crippen molar-refractivity contribution >= 4 is 76.4 Å². The molecule has 706 valence electrons. The first-order valence-electron chi connectivity index (χ1n) is 41.7. The van der Waals surface area contributed by atoms with Gasteiger partial charge in [-0.1, -0.05) is 87.0 Å². The van der Waals surface area contributed by atoms with Gasteiger partial charge in [-0.05, 0) is 125 Å². The molecule has 7 aromatic rings. The number of halogens is 2. The van der Waals surface area contributed by atoms with Crippen molar-refractivity contribution in [2.45, 2.75) is 206 Å². The normalized spacial score (nSPS) is 29.3. The number of fused-ring (bicyclic) bond motifs is 12. The summed E-state index contributed by atoms with van der Waals surface area (Å²) in [5.41, 5.74) is 3.11. The van der Waals surface area contributed by atoms with Gasteiger partial charge < -0.3 is 166 Å². The van der Waals surface area contributed by atoms with E-state index in [1.807, 2.05) is 0 Å². The molecular weight excluding hydrogens is 1780 g/mol. The summed E-state index contributed by atoms with van der Waals surface area (Å²) < 4.78 is 57.7.